The van der Waals surface area contributed by atoms with Crippen molar-refractivity contribution in [2.24, 2.45) is 0 Å². The van der Waals surface area contributed by atoms with E-state index in [9.17, 15) is 0 Å². The van der Waals surface area contributed by atoms with Crippen molar-refractivity contribution >= 4 is 17.3 Å². The van der Waals surface area contributed by atoms with Gasteiger partial charge in [0.1, 0.15) is 6.07 Å². The van der Waals surface area contributed by atoms with Crippen molar-refractivity contribution in [1.82, 2.24) is 0 Å². The minimum absolute atomic E-state index is 0.109. The van der Waals surface area contributed by atoms with Crippen molar-refractivity contribution in [3.05, 3.63) is 28.3 Å². The summed E-state index contributed by atoms with van der Waals surface area (Å²) in [5.41, 5.74) is 3.12. The van der Waals surface area contributed by atoms with Gasteiger partial charge in [-0.15, -0.1) is 0 Å². The Morgan fingerprint density at radius 3 is 2.58 bits per heavy atom. The lowest BCUT2D eigenvalue weighted by Gasteiger charge is -2.50. The van der Waals surface area contributed by atoms with E-state index in [0.717, 1.165) is 6.42 Å². The summed E-state index contributed by atoms with van der Waals surface area (Å²) in [6, 6.07) is 6.52. The van der Waals surface area contributed by atoms with Crippen LogP contribution in [0.15, 0.2) is 12.1 Å². The molecular weight excluding hydrogens is 256 g/mol. The lowest BCUT2D eigenvalue weighted by atomic mass is 9.79. The van der Waals surface area contributed by atoms with Crippen LogP contribution in [0.2, 0.25) is 5.02 Å². The molecule has 0 spiro atoms. The lowest BCUT2D eigenvalue weighted by molar-refractivity contribution is 0.356. The Bertz CT molecular complexity index is 540. The number of hydrogen-bond acceptors (Lipinski definition) is 2. The zero-order valence-electron chi connectivity index (χ0n) is 12.3. The van der Waals surface area contributed by atoms with Gasteiger partial charge < -0.3 is 4.90 Å². The standard InChI is InChI=1S/C16H21ClN2/c1-10(2)19-15-7-14(17)12(9-18)6-13(15)11(3)8-16(19,4)5/h6-7,10-11H,8H2,1-5H3/t11-/m1/s1. The first-order chi connectivity index (χ1) is 8.77. The topological polar surface area (TPSA) is 27.0 Å². The van der Waals surface area contributed by atoms with Gasteiger partial charge in [0.25, 0.3) is 0 Å². The maximum Gasteiger partial charge on any atom is 0.101 e. The Kier molecular flexibility index (Phi) is 3.53. The molecule has 1 heterocycles. The highest BCUT2D eigenvalue weighted by atomic mass is 35.5. The number of hydrogen-bond donors (Lipinski definition) is 0. The number of nitrogens with zero attached hydrogens (tertiary/aromatic N) is 2. The van der Waals surface area contributed by atoms with Gasteiger partial charge in [-0.2, -0.15) is 5.26 Å². The predicted molar refractivity (Wildman–Crippen MR) is 80.9 cm³/mol. The number of halogens is 1. The van der Waals surface area contributed by atoms with Crippen molar-refractivity contribution in [2.75, 3.05) is 4.90 Å². The second kappa shape index (κ2) is 4.72. The quantitative estimate of drug-likeness (QED) is 0.742. The van der Waals surface area contributed by atoms with Gasteiger partial charge in [0.2, 0.25) is 0 Å². The highest BCUT2D eigenvalue weighted by Gasteiger charge is 2.38. The summed E-state index contributed by atoms with van der Waals surface area (Å²) < 4.78 is 0. The van der Waals surface area contributed by atoms with Crippen LogP contribution in [-0.4, -0.2) is 11.6 Å². The summed E-state index contributed by atoms with van der Waals surface area (Å²) in [6.07, 6.45) is 1.09. The second-order valence-electron chi connectivity index (χ2n) is 6.38. The van der Waals surface area contributed by atoms with Gasteiger partial charge in [0.05, 0.1) is 10.6 Å². The van der Waals surface area contributed by atoms with Crippen LogP contribution in [0.4, 0.5) is 5.69 Å². The van der Waals surface area contributed by atoms with Crippen LogP contribution in [-0.2, 0) is 0 Å². The van der Waals surface area contributed by atoms with E-state index in [1.165, 1.54) is 11.3 Å². The third kappa shape index (κ3) is 2.32. The largest absolute Gasteiger partial charge is 0.364 e. The Morgan fingerprint density at radius 1 is 1.42 bits per heavy atom. The fourth-order valence-electron chi connectivity index (χ4n) is 3.53. The van der Waals surface area contributed by atoms with E-state index in [4.69, 9.17) is 16.9 Å². The SMILES string of the molecule is CC(C)N1c2cc(Cl)c(C#N)cc2[C@H](C)CC1(C)C. The molecule has 3 heteroatoms. The molecule has 0 amide bonds. The number of benzene rings is 1. The van der Waals surface area contributed by atoms with Gasteiger partial charge in [-0.1, -0.05) is 18.5 Å². The van der Waals surface area contributed by atoms with Gasteiger partial charge in [0, 0.05) is 17.3 Å². The first kappa shape index (κ1) is 14.2. The van der Waals surface area contributed by atoms with Gasteiger partial charge >= 0.3 is 0 Å². The zero-order chi connectivity index (χ0) is 14.4. The predicted octanol–water partition coefficient (Wildman–Crippen LogP) is 4.71. The second-order valence-corrected chi connectivity index (χ2v) is 6.79. The Labute approximate surface area is 121 Å². The number of rotatable bonds is 1. The van der Waals surface area contributed by atoms with Crippen LogP contribution in [0.25, 0.3) is 0 Å². The summed E-state index contributed by atoms with van der Waals surface area (Å²) >= 11 is 6.22. The van der Waals surface area contributed by atoms with E-state index in [1.807, 2.05) is 12.1 Å². The minimum atomic E-state index is 0.109. The molecule has 0 aromatic heterocycles. The van der Waals surface area contributed by atoms with E-state index in [2.05, 4.69) is 45.6 Å². The van der Waals surface area contributed by atoms with Gasteiger partial charge in [-0.25, -0.2) is 0 Å². The summed E-state index contributed by atoms with van der Waals surface area (Å²) in [6.45, 7) is 11.2. The fourth-order valence-corrected chi connectivity index (χ4v) is 3.73. The van der Waals surface area contributed by atoms with Crippen molar-refractivity contribution in [3.8, 4) is 6.07 Å². The first-order valence-corrected chi connectivity index (χ1v) is 7.18. The normalized spacial score (nSPS) is 21.2. The van der Waals surface area contributed by atoms with Crippen molar-refractivity contribution in [3.63, 3.8) is 0 Å². The maximum absolute atomic E-state index is 9.14. The molecule has 19 heavy (non-hydrogen) atoms. The maximum atomic E-state index is 9.14. The van der Waals surface area contributed by atoms with E-state index in [1.54, 1.807) is 0 Å². The van der Waals surface area contributed by atoms with E-state index in [0.29, 0.717) is 22.5 Å². The fraction of sp³-hybridized carbons (Fsp3) is 0.562. The Morgan fingerprint density at radius 2 is 2.05 bits per heavy atom. The average molecular weight is 277 g/mol. The molecule has 0 fully saturated rings. The molecule has 102 valence electrons. The molecule has 1 atom stereocenters. The van der Waals surface area contributed by atoms with Crippen LogP contribution in [0.1, 0.15) is 58.1 Å². The van der Waals surface area contributed by atoms with Gasteiger partial charge in [-0.3, -0.25) is 0 Å². The third-order valence-electron chi connectivity index (χ3n) is 4.00. The molecule has 2 rings (SSSR count). The van der Waals surface area contributed by atoms with Crippen LogP contribution in [0.5, 0.6) is 0 Å². The lowest BCUT2D eigenvalue weighted by Crippen LogP contribution is -2.51. The van der Waals surface area contributed by atoms with Crippen molar-refractivity contribution < 1.29 is 0 Å². The van der Waals surface area contributed by atoms with Crippen LogP contribution < -0.4 is 4.90 Å². The van der Waals surface area contributed by atoms with Gasteiger partial charge in [-0.05, 0) is 57.7 Å². The molecule has 0 aliphatic carbocycles. The highest BCUT2D eigenvalue weighted by Crippen LogP contribution is 2.45. The van der Waals surface area contributed by atoms with Gasteiger partial charge in [0.15, 0.2) is 0 Å². The molecule has 0 bridgehead atoms. The molecule has 0 N–H and O–H groups in total. The molecule has 1 aromatic rings. The summed E-state index contributed by atoms with van der Waals surface area (Å²) in [5.74, 6) is 0.448. The molecule has 0 unspecified atom stereocenters. The first-order valence-electron chi connectivity index (χ1n) is 6.81. The highest BCUT2D eigenvalue weighted by molar-refractivity contribution is 6.32. The van der Waals surface area contributed by atoms with Crippen molar-refractivity contribution in [2.45, 2.75) is 58.5 Å². The molecule has 0 saturated carbocycles. The summed E-state index contributed by atoms with van der Waals surface area (Å²) in [5, 5.41) is 9.69. The molecule has 1 aliphatic heterocycles. The molecule has 0 saturated heterocycles. The van der Waals surface area contributed by atoms with Crippen LogP contribution in [0.3, 0.4) is 0 Å². The van der Waals surface area contributed by atoms with Crippen molar-refractivity contribution in [1.29, 1.82) is 5.26 Å². The van der Waals surface area contributed by atoms with Crippen LogP contribution >= 0.6 is 11.6 Å². The zero-order valence-corrected chi connectivity index (χ0v) is 13.0. The number of nitriles is 1. The monoisotopic (exact) mass is 276 g/mol. The smallest absolute Gasteiger partial charge is 0.101 e. The molecular formula is C16H21ClN2. The number of fused-ring (bicyclic) bond motifs is 1. The molecule has 2 nitrogen and oxygen atoms in total. The average Bonchev–Trinajstić information content (AvgIpc) is 2.26. The number of anilines is 1. The molecule has 0 radical (unpaired) electrons. The molecule has 1 aliphatic rings. The minimum Gasteiger partial charge on any atom is -0.364 e. The summed E-state index contributed by atoms with van der Waals surface area (Å²) in [4.78, 5) is 2.43. The summed E-state index contributed by atoms with van der Waals surface area (Å²) in [7, 11) is 0. The Balaban J connectivity index is 2.67. The Hall–Kier alpha value is -1.20. The van der Waals surface area contributed by atoms with Crippen LogP contribution in [0, 0.1) is 11.3 Å². The molecule has 1 aromatic carbocycles. The van der Waals surface area contributed by atoms with E-state index < -0.39 is 0 Å². The van der Waals surface area contributed by atoms with E-state index in [-0.39, 0.29) is 5.54 Å². The van der Waals surface area contributed by atoms with E-state index >= 15 is 0 Å². The third-order valence-corrected chi connectivity index (χ3v) is 4.31.